The zero-order valence-corrected chi connectivity index (χ0v) is 21.9. The molecule has 5 aromatic rings. The first-order valence-corrected chi connectivity index (χ1v) is 13.3. The summed E-state index contributed by atoms with van der Waals surface area (Å²) in [5.41, 5.74) is 5.16. The van der Waals surface area contributed by atoms with Crippen molar-refractivity contribution in [3.8, 4) is 5.75 Å². The van der Waals surface area contributed by atoms with Gasteiger partial charge in [0.25, 0.3) is 5.91 Å². The van der Waals surface area contributed by atoms with Gasteiger partial charge in [-0.3, -0.25) is 14.4 Å². The number of aromatic nitrogens is 2. The van der Waals surface area contributed by atoms with Crippen LogP contribution < -0.4 is 10.1 Å². The molecule has 0 atom stereocenters. The van der Waals surface area contributed by atoms with Crippen LogP contribution in [-0.2, 0) is 32.6 Å². The summed E-state index contributed by atoms with van der Waals surface area (Å²) in [6.07, 6.45) is 0.886. The van der Waals surface area contributed by atoms with Crippen LogP contribution in [0.1, 0.15) is 39.8 Å². The molecule has 1 aliphatic heterocycles. The summed E-state index contributed by atoms with van der Waals surface area (Å²) in [5, 5.41) is 12.6. The quantitative estimate of drug-likeness (QED) is 0.309. The number of ether oxygens (including phenoxy) is 1. The van der Waals surface area contributed by atoms with Crippen LogP contribution in [0.3, 0.4) is 0 Å². The van der Waals surface area contributed by atoms with E-state index in [1.807, 2.05) is 28.9 Å². The Hall–Kier alpha value is -4.16. The number of rotatable bonds is 7. The number of nitrogens with zero attached hydrogens (tertiary/aromatic N) is 3. The van der Waals surface area contributed by atoms with Crippen LogP contribution in [-0.4, -0.2) is 34.2 Å². The van der Waals surface area contributed by atoms with Gasteiger partial charge in [-0.15, -0.1) is 0 Å². The Bertz CT molecular complexity index is 1630. The van der Waals surface area contributed by atoms with Gasteiger partial charge in [-0.05, 0) is 57.8 Å². The van der Waals surface area contributed by atoms with E-state index in [9.17, 15) is 4.79 Å². The van der Waals surface area contributed by atoms with Gasteiger partial charge in [-0.1, -0.05) is 60.7 Å². The SMILES string of the molecule is CCn1nc(C(=O)NCc2cccc3ccccc23)c2c1CCN(Cc1ccc3cc(OC)ccc3c1)C2. The largest absolute Gasteiger partial charge is 0.497 e. The summed E-state index contributed by atoms with van der Waals surface area (Å²) in [6, 6.07) is 27.2. The first-order valence-electron chi connectivity index (χ1n) is 13.3. The van der Waals surface area contributed by atoms with E-state index in [2.05, 4.69) is 71.7 Å². The summed E-state index contributed by atoms with van der Waals surface area (Å²) < 4.78 is 7.36. The zero-order valence-electron chi connectivity index (χ0n) is 21.9. The van der Waals surface area contributed by atoms with E-state index < -0.39 is 0 Å². The molecule has 0 unspecified atom stereocenters. The second kappa shape index (κ2) is 10.3. The average Bonchev–Trinajstić information content (AvgIpc) is 3.33. The van der Waals surface area contributed by atoms with Crippen LogP contribution in [0.15, 0.2) is 78.9 Å². The fourth-order valence-corrected chi connectivity index (χ4v) is 5.59. The van der Waals surface area contributed by atoms with E-state index in [0.717, 1.165) is 48.3 Å². The van der Waals surface area contributed by atoms with Gasteiger partial charge in [-0.2, -0.15) is 5.10 Å². The average molecular weight is 505 g/mol. The van der Waals surface area contributed by atoms with Crippen molar-refractivity contribution in [1.29, 1.82) is 0 Å². The maximum Gasteiger partial charge on any atom is 0.272 e. The second-order valence-corrected chi connectivity index (χ2v) is 9.92. The summed E-state index contributed by atoms with van der Waals surface area (Å²) >= 11 is 0. The number of amides is 1. The Morgan fingerprint density at radius 3 is 2.66 bits per heavy atom. The van der Waals surface area contributed by atoms with Crippen LogP contribution in [0.4, 0.5) is 0 Å². The number of carbonyl (C=O) groups is 1. The van der Waals surface area contributed by atoms with Crippen molar-refractivity contribution in [3.63, 3.8) is 0 Å². The predicted octanol–water partition coefficient (Wildman–Crippen LogP) is 5.71. The van der Waals surface area contributed by atoms with Crippen molar-refractivity contribution in [1.82, 2.24) is 20.0 Å². The van der Waals surface area contributed by atoms with Gasteiger partial charge >= 0.3 is 0 Å². The molecule has 0 saturated carbocycles. The molecule has 0 bridgehead atoms. The van der Waals surface area contributed by atoms with Crippen molar-refractivity contribution in [2.75, 3.05) is 13.7 Å². The number of methoxy groups -OCH3 is 1. The van der Waals surface area contributed by atoms with E-state index in [-0.39, 0.29) is 5.91 Å². The Balaban J connectivity index is 1.20. The van der Waals surface area contributed by atoms with Gasteiger partial charge in [0.1, 0.15) is 5.75 Å². The normalized spacial score (nSPS) is 13.5. The number of aryl methyl sites for hydroxylation is 1. The van der Waals surface area contributed by atoms with Crippen LogP contribution in [0.2, 0.25) is 0 Å². The standard InChI is InChI=1S/C32H32N4O2/c1-3-36-30-15-16-35(20-22-11-12-25-18-27(38-2)14-13-24(25)17-22)21-29(30)31(34-36)32(37)33-19-26-9-6-8-23-7-4-5-10-28(23)26/h4-14,17-18H,3,15-16,19-21H2,1-2H3,(H,33,37). The summed E-state index contributed by atoms with van der Waals surface area (Å²) in [6.45, 7) is 5.80. The van der Waals surface area contributed by atoms with E-state index in [4.69, 9.17) is 9.84 Å². The first kappa shape index (κ1) is 24.2. The topological polar surface area (TPSA) is 59.4 Å². The number of hydrogen-bond donors (Lipinski definition) is 1. The number of nitrogens with one attached hydrogen (secondary N) is 1. The number of hydrogen-bond acceptors (Lipinski definition) is 4. The van der Waals surface area contributed by atoms with Gasteiger partial charge in [0.05, 0.1) is 7.11 Å². The maximum absolute atomic E-state index is 13.4. The molecule has 0 radical (unpaired) electrons. The van der Waals surface area contributed by atoms with Crippen LogP contribution in [0, 0.1) is 0 Å². The molecule has 6 heteroatoms. The molecule has 1 aromatic heterocycles. The molecule has 1 amide bonds. The monoisotopic (exact) mass is 504 g/mol. The molecular formula is C32H32N4O2. The van der Waals surface area contributed by atoms with Gasteiger partial charge in [0.15, 0.2) is 5.69 Å². The molecular weight excluding hydrogens is 472 g/mol. The number of fused-ring (bicyclic) bond motifs is 3. The first-order chi connectivity index (χ1) is 18.6. The van der Waals surface area contributed by atoms with Crippen molar-refractivity contribution in [2.45, 2.75) is 39.5 Å². The molecule has 0 fully saturated rings. The van der Waals surface area contributed by atoms with E-state index in [1.165, 1.54) is 27.4 Å². The van der Waals surface area contributed by atoms with Gasteiger partial charge < -0.3 is 10.1 Å². The molecule has 38 heavy (non-hydrogen) atoms. The molecule has 6 nitrogen and oxygen atoms in total. The van der Waals surface area contributed by atoms with Gasteiger partial charge in [-0.25, -0.2) is 0 Å². The summed E-state index contributed by atoms with van der Waals surface area (Å²) in [5.74, 6) is 0.760. The lowest BCUT2D eigenvalue weighted by Gasteiger charge is -2.27. The van der Waals surface area contributed by atoms with Gasteiger partial charge in [0, 0.05) is 50.4 Å². The third kappa shape index (κ3) is 4.63. The number of benzene rings is 4. The second-order valence-electron chi connectivity index (χ2n) is 9.92. The third-order valence-corrected chi connectivity index (χ3v) is 7.56. The minimum Gasteiger partial charge on any atom is -0.497 e. The van der Waals surface area contributed by atoms with E-state index in [1.54, 1.807) is 7.11 Å². The van der Waals surface area contributed by atoms with Gasteiger partial charge in [0.2, 0.25) is 0 Å². The minimum absolute atomic E-state index is 0.108. The minimum atomic E-state index is -0.108. The van der Waals surface area contributed by atoms with Crippen LogP contribution >= 0.6 is 0 Å². The highest BCUT2D eigenvalue weighted by molar-refractivity contribution is 5.94. The van der Waals surface area contributed by atoms with E-state index >= 15 is 0 Å². The Morgan fingerprint density at radius 1 is 0.974 bits per heavy atom. The fourth-order valence-electron chi connectivity index (χ4n) is 5.59. The molecule has 0 spiro atoms. The molecule has 6 rings (SSSR count). The number of carbonyl (C=O) groups excluding carboxylic acids is 1. The Labute approximate surface area is 222 Å². The van der Waals surface area contributed by atoms with Crippen molar-refractivity contribution in [3.05, 3.63) is 107 Å². The molecule has 0 aliphatic carbocycles. The van der Waals surface area contributed by atoms with Crippen molar-refractivity contribution < 1.29 is 9.53 Å². The third-order valence-electron chi connectivity index (χ3n) is 7.56. The highest BCUT2D eigenvalue weighted by Gasteiger charge is 2.28. The molecule has 2 heterocycles. The Kier molecular flexibility index (Phi) is 6.56. The zero-order chi connectivity index (χ0) is 26.1. The smallest absolute Gasteiger partial charge is 0.272 e. The molecule has 1 aliphatic rings. The lowest BCUT2D eigenvalue weighted by molar-refractivity contribution is 0.0943. The molecule has 0 saturated heterocycles. The van der Waals surface area contributed by atoms with Crippen LogP contribution in [0.25, 0.3) is 21.5 Å². The lowest BCUT2D eigenvalue weighted by atomic mass is 10.0. The molecule has 192 valence electrons. The fraction of sp³-hybridized carbons (Fsp3) is 0.250. The Morgan fingerprint density at radius 2 is 1.79 bits per heavy atom. The summed E-state index contributed by atoms with van der Waals surface area (Å²) in [7, 11) is 1.69. The molecule has 4 aromatic carbocycles. The summed E-state index contributed by atoms with van der Waals surface area (Å²) in [4.78, 5) is 15.8. The molecule has 1 N–H and O–H groups in total. The maximum atomic E-state index is 13.4. The van der Waals surface area contributed by atoms with Crippen LogP contribution in [0.5, 0.6) is 5.75 Å². The van der Waals surface area contributed by atoms with Crippen molar-refractivity contribution in [2.24, 2.45) is 0 Å². The lowest BCUT2D eigenvalue weighted by Crippen LogP contribution is -2.32. The predicted molar refractivity (Wildman–Crippen MR) is 151 cm³/mol. The highest BCUT2D eigenvalue weighted by Crippen LogP contribution is 2.27. The highest BCUT2D eigenvalue weighted by atomic mass is 16.5. The van der Waals surface area contributed by atoms with Crippen molar-refractivity contribution >= 4 is 27.5 Å². The van der Waals surface area contributed by atoms with E-state index in [0.29, 0.717) is 18.8 Å².